The van der Waals surface area contributed by atoms with Crippen molar-refractivity contribution in [3.05, 3.63) is 77.9 Å². The molecule has 5 nitrogen and oxygen atoms in total. The number of carbonyl (C=O) groups is 1. The maximum Gasteiger partial charge on any atom is 0.336 e. The molecular weight excluding hydrogens is 430 g/mol. The summed E-state index contributed by atoms with van der Waals surface area (Å²) < 4.78 is 11.8. The predicted octanol–water partition coefficient (Wildman–Crippen LogP) is 6.60. The predicted molar refractivity (Wildman–Crippen MR) is 133 cm³/mol. The van der Waals surface area contributed by atoms with Crippen LogP contribution in [0.15, 0.2) is 66.7 Å². The number of hydrogen-bond acceptors (Lipinski definition) is 4. The molecule has 1 N–H and O–H groups in total. The van der Waals surface area contributed by atoms with Crippen LogP contribution in [-0.4, -0.2) is 32.6 Å². The van der Waals surface area contributed by atoms with Gasteiger partial charge < -0.3 is 14.3 Å². The van der Waals surface area contributed by atoms with Gasteiger partial charge in [-0.3, -0.25) is 0 Å². The van der Waals surface area contributed by atoms with Crippen LogP contribution in [0.25, 0.3) is 22.3 Å². The zero-order chi connectivity index (χ0) is 23.8. The summed E-state index contributed by atoms with van der Waals surface area (Å²) in [5, 5.41) is 18.6. The highest BCUT2D eigenvalue weighted by Gasteiger charge is 2.21. The van der Waals surface area contributed by atoms with Crippen LogP contribution < -0.4 is 4.74 Å². The number of nitriles is 1. The van der Waals surface area contributed by atoms with Gasteiger partial charge in [-0.1, -0.05) is 36.4 Å². The van der Waals surface area contributed by atoms with Gasteiger partial charge in [0.05, 0.1) is 23.8 Å². The summed E-state index contributed by atoms with van der Waals surface area (Å²) in [5.74, 6) is -0.320. The van der Waals surface area contributed by atoms with E-state index in [-0.39, 0.29) is 5.56 Å². The van der Waals surface area contributed by atoms with E-state index in [1.807, 2.05) is 43.3 Å². The number of hydrogen-bond donors (Lipinski definition) is 1. The van der Waals surface area contributed by atoms with Crippen LogP contribution in [0.2, 0.25) is 19.1 Å². The zero-order valence-electron chi connectivity index (χ0n) is 19.3. The molecule has 0 aliphatic rings. The molecule has 6 heteroatoms. The summed E-state index contributed by atoms with van der Waals surface area (Å²) in [6.45, 7) is 7.74. The summed E-state index contributed by atoms with van der Waals surface area (Å²) in [6.07, 6.45) is 0.897. The Morgan fingerprint density at radius 1 is 0.970 bits per heavy atom. The van der Waals surface area contributed by atoms with Crippen molar-refractivity contribution in [3.8, 4) is 34.1 Å². The van der Waals surface area contributed by atoms with Crippen molar-refractivity contribution in [2.45, 2.75) is 32.5 Å². The molecule has 0 unspecified atom stereocenters. The van der Waals surface area contributed by atoms with Crippen molar-refractivity contribution in [2.24, 2.45) is 0 Å². The molecule has 0 aliphatic heterocycles. The van der Waals surface area contributed by atoms with Gasteiger partial charge in [0, 0.05) is 6.61 Å². The van der Waals surface area contributed by atoms with Crippen molar-refractivity contribution in [1.29, 1.82) is 5.26 Å². The second kappa shape index (κ2) is 11.0. The molecule has 0 aliphatic carbocycles. The molecule has 0 saturated carbocycles. The molecule has 0 saturated heterocycles. The second-order valence-electron chi connectivity index (χ2n) is 8.42. The Morgan fingerprint density at radius 2 is 1.58 bits per heavy atom. The number of ether oxygens (including phenoxy) is 1. The van der Waals surface area contributed by atoms with Crippen LogP contribution in [0.4, 0.5) is 0 Å². The lowest BCUT2D eigenvalue weighted by molar-refractivity contribution is 0.0697. The number of aromatic carboxylic acids is 1. The average Bonchev–Trinajstić information content (AvgIpc) is 2.82. The first-order chi connectivity index (χ1) is 15.8. The van der Waals surface area contributed by atoms with E-state index < -0.39 is 14.3 Å². The highest BCUT2D eigenvalue weighted by Crippen LogP contribution is 2.31. The molecule has 0 atom stereocenters. The third-order valence-electron chi connectivity index (χ3n) is 5.49. The van der Waals surface area contributed by atoms with Crippen molar-refractivity contribution in [2.75, 3.05) is 13.2 Å². The van der Waals surface area contributed by atoms with E-state index in [1.165, 1.54) is 0 Å². The lowest BCUT2D eigenvalue weighted by Gasteiger charge is -2.21. The Labute approximate surface area is 196 Å². The van der Waals surface area contributed by atoms with Crippen molar-refractivity contribution >= 4 is 14.3 Å². The zero-order valence-corrected chi connectivity index (χ0v) is 20.3. The van der Waals surface area contributed by atoms with Gasteiger partial charge in [-0.15, -0.1) is 0 Å². The van der Waals surface area contributed by atoms with E-state index in [0.717, 1.165) is 35.8 Å². The number of rotatable bonds is 10. The normalized spacial score (nSPS) is 11.1. The molecule has 170 valence electrons. The minimum Gasteiger partial charge on any atom is -0.494 e. The number of carboxylic acid groups (broad SMARTS) is 1. The molecule has 3 aromatic rings. The number of benzene rings is 3. The monoisotopic (exact) mass is 459 g/mol. The molecule has 0 radical (unpaired) electrons. The van der Waals surface area contributed by atoms with Gasteiger partial charge in [-0.05, 0) is 85.1 Å². The largest absolute Gasteiger partial charge is 0.494 e. The minimum atomic E-state index is -1.64. The lowest BCUT2D eigenvalue weighted by atomic mass is 9.96. The molecule has 0 bridgehead atoms. The molecule has 0 amide bonds. The highest BCUT2D eigenvalue weighted by molar-refractivity contribution is 6.71. The molecule has 0 spiro atoms. The van der Waals surface area contributed by atoms with E-state index in [1.54, 1.807) is 30.3 Å². The molecule has 0 fully saturated rings. The molecule has 0 aromatic heterocycles. The Hall–Kier alpha value is -3.40. The molecule has 3 aromatic carbocycles. The topological polar surface area (TPSA) is 79.6 Å². The Bertz CT molecular complexity index is 1130. The summed E-state index contributed by atoms with van der Waals surface area (Å²) in [5.41, 5.74) is 4.26. The summed E-state index contributed by atoms with van der Waals surface area (Å²) in [7, 11) is -1.64. The Balaban J connectivity index is 1.76. The van der Waals surface area contributed by atoms with E-state index >= 15 is 0 Å². The fourth-order valence-corrected chi connectivity index (χ4v) is 5.69. The molecule has 33 heavy (non-hydrogen) atoms. The van der Waals surface area contributed by atoms with Gasteiger partial charge in [0.25, 0.3) is 0 Å². The summed E-state index contributed by atoms with van der Waals surface area (Å²) in [4.78, 5) is 11.8. The fraction of sp³-hybridized carbons (Fsp3) is 0.259. The first kappa shape index (κ1) is 24.2. The smallest absolute Gasteiger partial charge is 0.336 e. The maximum absolute atomic E-state index is 11.8. The first-order valence-corrected chi connectivity index (χ1v) is 14.2. The van der Waals surface area contributed by atoms with Gasteiger partial charge in [-0.2, -0.15) is 5.26 Å². The van der Waals surface area contributed by atoms with Crippen LogP contribution in [0.1, 0.15) is 29.3 Å². The highest BCUT2D eigenvalue weighted by atomic mass is 28.4. The van der Waals surface area contributed by atoms with Crippen molar-refractivity contribution in [3.63, 3.8) is 0 Å². The van der Waals surface area contributed by atoms with Crippen LogP contribution in [-0.2, 0) is 4.43 Å². The van der Waals surface area contributed by atoms with E-state index in [0.29, 0.717) is 23.5 Å². The van der Waals surface area contributed by atoms with Gasteiger partial charge in [-0.25, -0.2) is 4.79 Å². The standard InChI is InChI=1S/C27H29NO4Si/c1-4-32-33(2,3)17-5-16-31-24-14-15-25(27(29)30)26(18-24)23-12-10-22(11-13-23)21-8-6-20(19-28)7-9-21/h6-15,18H,4-5,16-17H2,1-3H3,(H,29,30). The summed E-state index contributed by atoms with van der Waals surface area (Å²) in [6, 6.07) is 23.3. The second-order valence-corrected chi connectivity index (χ2v) is 12.7. The van der Waals surface area contributed by atoms with E-state index in [4.69, 9.17) is 14.4 Å². The SMILES string of the molecule is CCO[Si](C)(C)CCCOc1ccc(C(=O)O)c(-c2ccc(-c3ccc(C#N)cc3)cc2)c1. The Morgan fingerprint density at radius 3 is 2.15 bits per heavy atom. The first-order valence-electron chi connectivity index (χ1n) is 11.1. The fourth-order valence-electron chi connectivity index (χ4n) is 3.77. The average molecular weight is 460 g/mol. The van der Waals surface area contributed by atoms with Crippen LogP contribution in [0.3, 0.4) is 0 Å². The minimum absolute atomic E-state index is 0.235. The molecular formula is C27H29NO4Si. The number of nitrogens with zero attached hydrogens (tertiary/aromatic N) is 1. The molecule has 3 rings (SSSR count). The van der Waals surface area contributed by atoms with Gasteiger partial charge in [0.15, 0.2) is 8.32 Å². The van der Waals surface area contributed by atoms with Gasteiger partial charge >= 0.3 is 5.97 Å². The lowest BCUT2D eigenvalue weighted by Crippen LogP contribution is -2.30. The van der Waals surface area contributed by atoms with Gasteiger partial charge in [0.2, 0.25) is 0 Å². The third-order valence-corrected chi connectivity index (χ3v) is 8.12. The Kier molecular flexibility index (Phi) is 8.04. The van der Waals surface area contributed by atoms with E-state index in [9.17, 15) is 9.90 Å². The third kappa shape index (κ3) is 6.54. The van der Waals surface area contributed by atoms with Gasteiger partial charge in [0.1, 0.15) is 5.75 Å². The van der Waals surface area contributed by atoms with Crippen LogP contribution in [0, 0.1) is 11.3 Å². The van der Waals surface area contributed by atoms with Crippen molar-refractivity contribution in [1.82, 2.24) is 0 Å². The van der Waals surface area contributed by atoms with Crippen LogP contribution >= 0.6 is 0 Å². The van der Waals surface area contributed by atoms with E-state index in [2.05, 4.69) is 19.2 Å². The maximum atomic E-state index is 11.8. The molecule has 0 heterocycles. The quantitative estimate of drug-likeness (QED) is 0.273. The van der Waals surface area contributed by atoms with Crippen molar-refractivity contribution < 1.29 is 19.1 Å². The number of carboxylic acids is 1. The summed E-state index contributed by atoms with van der Waals surface area (Å²) >= 11 is 0. The van der Waals surface area contributed by atoms with Crippen LogP contribution in [0.5, 0.6) is 5.75 Å².